The molecule has 0 aromatic carbocycles. The summed E-state index contributed by atoms with van der Waals surface area (Å²) in [6.45, 7) is 9.09. The van der Waals surface area contributed by atoms with Crippen molar-refractivity contribution >= 4 is 0 Å². The molecule has 1 atom stereocenters. The summed E-state index contributed by atoms with van der Waals surface area (Å²) in [6, 6.07) is 0.734. The summed E-state index contributed by atoms with van der Waals surface area (Å²) in [5, 5.41) is 3.48. The topological polar surface area (TPSA) is 33.7 Å². The van der Waals surface area contributed by atoms with Gasteiger partial charge in [0, 0.05) is 32.8 Å². The molecule has 1 aliphatic heterocycles. The molecule has 4 nitrogen and oxygen atoms in total. The van der Waals surface area contributed by atoms with E-state index in [0.717, 1.165) is 38.8 Å². The van der Waals surface area contributed by atoms with Crippen LogP contribution in [0.2, 0.25) is 0 Å². The van der Waals surface area contributed by atoms with Crippen molar-refractivity contribution in [3.63, 3.8) is 0 Å². The Balaban J connectivity index is 2.09. The monoisotopic (exact) mass is 258 g/mol. The number of hydrogen-bond acceptors (Lipinski definition) is 4. The van der Waals surface area contributed by atoms with E-state index in [1.165, 1.54) is 32.4 Å². The van der Waals surface area contributed by atoms with Crippen LogP contribution in [0.4, 0.5) is 0 Å². The highest BCUT2D eigenvalue weighted by molar-refractivity contribution is 4.78. The molecule has 1 N–H and O–H groups in total. The molecule has 1 heterocycles. The number of likely N-dealkylation sites (tertiary alicyclic amines) is 1. The van der Waals surface area contributed by atoms with E-state index in [0.29, 0.717) is 6.61 Å². The van der Waals surface area contributed by atoms with E-state index in [1.807, 2.05) is 0 Å². The summed E-state index contributed by atoms with van der Waals surface area (Å²) < 4.78 is 10.5. The van der Waals surface area contributed by atoms with Crippen molar-refractivity contribution < 1.29 is 9.47 Å². The Kier molecular flexibility index (Phi) is 9.48. The molecule has 0 aromatic rings. The van der Waals surface area contributed by atoms with Gasteiger partial charge in [0.05, 0.1) is 13.2 Å². The number of hydrogen-bond donors (Lipinski definition) is 1. The molecule has 0 spiro atoms. The van der Waals surface area contributed by atoms with Gasteiger partial charge in [0.2, 0.25) is 0 Å². The predicted molar refractivity (Wildman–Crippen MR) is 75.1 cm³/mol. The molecule has 0 amide bonds. The second-order valence-electron chi connectivity index (χ2n) is 4.95. The van der Waals surface area contributed by atoms with E-state index in [1.54, 1.807) is 7.11 Å². The van der Waals surface area contributed by atoms with Crippen molar-refractivity contribution in [3.05, 3.63) is 0 Å². The standard InChI is InChI=1S/C14H30N2O2/c1-3-15-13-14-7-4-5-8-16(14)9-6-10-18-12-11-17-2/h14-15H,3-13H2,1-2H3. The molecule has 1 saturated heterocycles. The van der Waals surface area contributed by atoms with Crippen LogP contribution in [-0.4, -0.2) is 64.1 Å². The van der Waals surface area contributed by atoms with Crippen LogP contribution in [-0.2, 0) is 9.47 Å². The highest BCUT2D eigenvalue weighted by Gasteiger charge is 2.20. The molecule has 108 valence electrons. The summed E-state index contributed by atoms with van der Waals surface area (Å²) in [7, 11) is 1.71. The summed E-state index contributed by atoms with van der Waals surface area (Å²) in [4.78, 5) is 2.63. The van der Waals surface area contributed by atoms with Crippen LogP contribution in [0.25, 0.3) is 0 Å². The Morgan fingerprint density at radius 2 is 2.11 bits per heavy atom. The zero-order valence-corrected chi connectivity index (χ0v) is 12.1. The Hall–Kier alpha value is -0.160. The molecule has 0 radical (unpaired) electrons. The second kappa shape index (κ2) is 10.7. The lowest BCUT2D eigenvalue weighted by atomic mass is 10.0. The molecule has 0 bridgehead atoms. The van der Waals surface area contributed by atoms with E-state index >= 15 is 0 Å². The van der Waals surface area contributed by atoms with Gasteiger partial charge < -0.3 is 14.8 Å². The largest absolute Gasteiger partial charge is 0.382 e. The third-order valence-electron chi connectivity index (χ3n) is 3.54. The van der Waals surface area contributed by atoms with Gasteiger partial charge in [-0.25, -0.2) is 0 Å². The predicted octanol–water partition coefficient (Wildman–Crippen LogP) is 1.50. The Morgan fingerprint density at radius 3 is 2.89 bits per heavy atom. The third kappa shape index (κ3) is 6.69. The van der Waals surface area contributed by atoms with Crippen molar-refractivity contribution in [1.29, 1.82) is 0 Å². The van der Waals surface area contributed by atoms with Crippen LogP contribution in [0.15, 0.2) is 0 Å². The van der Waals surface area contributed by atoms with Crippen LogP contribution in [0.3, 0.4) is 0 Å². The normalized spacial score (nSPS) is 21.3. The molecule has 1 aliphatic rings. The Morgan fingerprint density at radius 1 is 1.22 bits per heavy atom. The smallest absolute Gasteiger partial charge is 0.0700 e. The van der Waals surface area contributed by atoms with Gasteiger partial charge in [0.15, 0.2) is 0 Å². The number of methoxy groups -OCH3 is 1. The fraction of sp³-hybridized carbons (Fsp3) is 1.00. The van der Waals surface area contributed by atoms with E-state index in [4.69, 9.17) is 9.47 Å². The van der Waals surface area contributed by atoms with Crippen molar-refractivity contribution in [3.8, 4) is 0 Å². The van der Waals surface area contributed by atoms with E-state index in [-0.39, 0.29) is 0 Å². The molecule has 18 heavy (non-hydrogen) atoms. The van der Waals surface area contributed by atoms with Gasteiger partial charge in [0.25, 0.3) is 0 Å². The fourth-order valence-electron chi connectivity index (χ4n) is 2.51. The fourth-order valence-corrected chi connectivity index (χ4v) is 2.51. The highest BCUT2D eigenvalue weighted by Crippen LogP contribution is 2.16. The van der Waals surface area contributed by atoms with E-state index < -0.39 is 0 Å². The first-order valence-electron chi connectivity index (χ1n) is 7.40. The van der Waals surface area contributed by atoms with Gasteiger partial charge in [-0.15, -0.1) is 0 Å². The van der Waals surface area contributed by atoms with Crippen LogP contribution in [0.1, 0.15) is 32.6 Å². The third-order valence-corrected chi connectivity index (χ3v) is 3.54. The number of piperidine rings is 1. The van der Waals surface area contributed by atoms with Crippen molar-refractivity contribution in [2.75, 3.05) is 53.1 Å². The molecule has 4 heteroatoms. The summed E-state index contributed by atoms with van der Waals surface area (Å²) in [6.07, 6.45) is 5.22. The van der Waals surface area contributed by atoms with Gasteiger partial charge in [-0.05, 0) is 32.4 Å². The summed E-state index contributed by atoms with van der Waals surface area (Å²) in [5.74, 6) is 0. The molecular weight excluding hydrogens is 228 g/mol. The lowest BCUT2D eigenvalue weighted by Gasteiger charge is -2.35. The number of nitrogens with one attached hydrogen (secondary N) is 1. The zero-order chi connectivity index (χ0) is 13.1. The zero-order valence-electron chi connectivity index (χ0n) is 12.1. The number of likely N-dealkylation sites (N-methyl/N-ethyl adjacent to an activating group) is 1. The molecular formula is C14H30N2O2. The minimum atomic E-state index is 0.701. The van der Waals surface area contributed by atoms with Gasteiger partial charge in [0.1, 0.15) is 0 Å². The van der Waals surface area contributed by atoms with Crippen molar-refractivity contribution in [1.82, 2.24) is 10.2 Å². The van der Waals surface area contributed by atoms with Crippen LogP contribution >= 0.6 is 0 Å². The molecule has 0 saturated carbocycles. The molecule has 1 fully saturated rings. The van der Waals surface area contributed by atoms with E-state index in [2.05, 4.69) is 17.1 Å². The minimum Gasteiger partial charge on any atom is -0.382 e. The Labute approximate surface area is 112 Å². The first-order valence-corrected chi connectivity index (χ1v) is 7.40. The minimum absolute atomic E-state index is 0.701. The molecule has 0 aliphatic carbocycles. The molecule has 1 rings (SSSR count). The average Bonchev–Trinajstić information content (AvgIpc) is 2.41. The number of rotatable bonds is 10. The highest BCUT2D eigenvalue weighted by atomic mass is 16.5. The lowest BCUT2D eigenvalue weighted by Crippen LogP contribution is -2.46. The second-order valence-corrected chi connectivity index (χ2v) is 4.95. The van der Waals surface area contributed by atoms with Gasteiger partial charge in [-0.3, -0.25) is 4.90 Å². The number of nitrogens with zero attached hydrogens (tertiary/aromatic N) is 1. The molecule has 0 aromatic heterocycles. The van der Waals surface area contributed by atoms with Crippen LogP contribution < -0.4 is 5.32 Å². The van der Waals surface area contributed by atoms with Gasteiger partial charge in [-0.2, -0.15) is 0 Å². The maximum absolute atomic E-state index is 5.51. The average molecular weight is 258 g/mol. The van der Waals surface area contributed by atoms with Crippen LogP contribution in [0, 0.1) is 0 Å². The van der Waals surface area contributed by atoms with Gasteiger partial charge in [-0.1, -0.05) is 13.3 Å². The molecule has 1 unspecified atom stereocenters. The summed E-state index contributed by atoms with van der Waals surface area (Å²) in [5.41, 5.74) is 0. The van der Waals surface area contributed by atoms with Gasteiger partial charge >= 0.3 is 0 Å². The summed E-state index contributed by atoms with van der Waals surface area (Å²) >= 11 is 0. The lowest BCUT2D eigenvalue weighted by molar-refractivity contribution is 0.0594. The number of ether oxygens (including phenoxy) is 2. The first-order chi connectivity index (χ1) is 8.88. The van der Waals surface area contributed by atoms with Crippen molar-refractivity contribution in [2.24, 2.45) is 0 Å². The van der Waals surface area contributed by atoms with Crippen LogP contribution in [0.5, 0.6) is 0 Å². The van der Waals surface area contributed by atoms with E-state index in [9.17, 15) is 0 Å². The Bertz CT molecular complexity index is 191. The van der Waals surface area contributed by atoms with Crippen molar-refractivity contribution in [2.45, 2.75) is 38.6 Å². The first kappa shape index (κ1) is 15.9. The maximum Gasteiger partial charge on any atom is 0.0700 e. The maximum atomic E-state index is 5.51. The SMILES string of the molecule is CCNCC1CCCCN1CCCOCCOC. The quantitative estimate of drug-likeness (QED) is 0.602.